The fourth-order valence-electron chi connectivity index (χ4n) is 4.40. The van der Waals surface area contributed by atoms with Gasteiger partial charge < -0.3 is 9.67 Å². The largest absolute Gasteiger partial charge is 0.392 e. The lowest BCUT2D eigenvalue weighted by Crippen LogP contribution is -2.54. The number of imidazole rings is 1. The smallest absolute Gasteiger partial charge is 0.124 e. The van der Waals surface area contributed by atoms with Crippen LogP contribution in [0, 0.1) is 0 Å². The lowest BCUT2D eigenvalue weighted by Gasteiger charge is -2.42. The molecule has 3 heterocycles. The molecule has 5 heteroatoms. The Morgan fingerprint density at radius 1 is 1.21 bits per heavy atom. The van der Waals surface area contributed by atoms with Crippen LogP contribution in [0.2, 0.25) is 0 Å². The zero-order chi connectivity index (χ0) is 16.7. The summed E-state index contributed by atoms with van der Waals surface area (Å²) in [5.41, 5.74) is 2.35. The van der Waals surface area contributed by atoms with Gasteiger partial charge in [0.05, 0.1) is 23.7 Å². The second-order valence-electron chi connectivity index (χ2n) is 7.44. The normalized spacial score (nSPS) is 28.5. The number of piperazine rings is 1. The second-order valence-corrected chi connectivity index (χ2v) is 7.44. The van der Waals surface area contributed by atoms with Crippen LogP contribution < -0.4 is 0 Å². The molecule has 4 rings (SSSR count). The molecular weight excluding hydrogens is 300 g/mol. The van der Waals surface area contributed by atoms with Gasteiger partial charge in [0.25, 0.3) is 0 Å². The summed E-state index contributed by atoms with van der Waals surface area (Å²) in [7, 11) is 0. The maximum absolute atomic E-state index is 9.95. The molecule has 2 aromatic rings. The molecule has 1 N–H and O–H groups in total. The zero-order valence-electron chi connectivity index (χ0n) is 14.7. The highest BCUT2D eigenvalue weighted by Gasteiger charge is 2.38. The van der Waals surface area contributed by atoms with Crippen LogP contribution in [-0.4, -0.2) is 62.3 Å². The van der Waals surface area contributed by atoms with Gasteiger partial charge in [-0.05, 0) is 31.9 Å². The summed E-state index contributed by atoms with van der Waals surface area (Å²) in [6.07, 6.45) is 1.88. The van der Waals surface area contributed by atoms with E-state index >= 15 is 0 Å². The van der Waals surface area contributed by atoms with Gasteiger partial charge in [-0.2, -0.15) is 0 Å². The number of hydrogen-bond acceptors (Lipinski definition) is 4. The van der Waals surface area contributed by atoms with E-state index in [1.165, 1.54) is 11.3 Å². The minimum Gasteiger partial charge on any atom is -0.392 e. The molecule has 0 aliphatic carbocycles. The van der Waals surface area contributed by atoms with Crippen LogP contribution in [0.15, 0.2) is 24.3 Å². The number of hydrogen-bond donors (Lipinski definition) is 1. The predicted molar refractivity (Wildman–Crippen MR) is 95.9 cm³/mol. The second kappa shape index (κ2) is 6.47. The minimum absolute atomic E-state index is 0.146. The number of aliphatic hydroxyl groups excluding tert-OH is 1. The van der Waals surface area contributed by atoms with Gasteiger partial charge in [-0.15, -0.1) is 0 Å². The van der Waals surface area contributed by atoms with Crippen molar-refractivity contribution in [2.75, 3.05) is 19.6 Å². The Morgan fingerprint density at radius 3 is 2.88 bits per heavy atom. The van der Waals surface area contributed by atoms with E-state index in [4.69, 9.17) is 4.98 Å². The number of para-hydroxylation sites is 2. The van der Waals surface area contributed by atoms with Gasteiger partial charge in [-0.1, -0.05) is 19.1 Å². The Morgan fingerprint density at radius 2 is 2.04 bits per heavy atom. The highest BCUT2D eigenvalue weighted by Crippen LogP contribution is 2.27. The number of rotatable bonds is 4. The van der Waals surface area contributed by atoms with Crippen molar-refractivity contribution < 1.29 is 5.11 Å². The molecule has 0 unspecified atom stereocenters. The summed E-state index contributed by atoms with van der Waals surface area (Å²) in [5.74, 6) is 1.18. The Kier molecular flexibility index (Phi) is 4.33. The summed E-state index contributed by atoms with van der Waals surface area (Å²) >= 11 is 0. The highest BCUT2D eigenvalue weighted by atomic mass is 16.3. The van der Waals surface area contributed by atoms with Crippen molar-refractivity contribution in [2.45, 2.75) is 58.0 Å². The summed E-state index contributed by atoms with van der Waals surface area (Å²) in [4.78, 5) is 9.93. The number of nitrogens with zero attached hydrogens (tertiary/aromatic N) is 4. The summed E-state index contributed by atoms with van der Waals surface area (Å²) in [6.45, 7) is 9.37. The molecule has 3 atom stereocenters. The van der Waals surface area contributed by atoms with Crippen LogP contribution in [0.5, 0.6) is 0 Å². The zero-order valence-corrected chi connectivity index (χ0v) is 14.7. The first-order chi connectivity index (χ1) is 11.7. The van der Waals surface area contributed by atoms with Gasteiger partial charge in [0, 0.05) is 38.3 Å². The predicted octanol–water partition coefficient (Wildman–Crippen LogP) is 2.09. The highest BCUT2D eigenvalue weighted by molar-refractivity contribution is 5.75. The fraction of sp³-hybridized carbons (Fsp3) is 0.632. The molecule has 2 aliphatic rings. The molecule has 0 amide bonds. The van der Waals surface area contributed by atoms with Gasteiger partial charge in [0.2, 0.25) is 0 Å². The van der Waals surface area contributed by atoms with Crippen molar-refractivity contribution in [3.63, 3.8) is 0 Å². The van der Waals surface area contributed by atoms with Crippen LogP contribution in [0.25, 0.3) is 11.0 Å². The van der Waals surface area contributed by atoms with Gasteiger partial charge in [-0.3, -0.25) is 9.80 Å². The van der Waals surface area contributed by atoms with Crippen molar-refractivity contribution in [2.24, 2.45) is 0 Å². The van der Waals surface area contributed by atoms with Crippen molar-refractivity contribution in [1.82, 2.24) is 19.4 Å². The van der Waals surface area contributed by atoms with Crippen molar-refractivity contribution in [3.8, 4) is 0 Å². The Labute approximate surface area is 143 Å². The quantitative estimate of drug-likeness (QED) is 0.933. The maximum atomic E-state index is 9.95. The number of fused-ring (bicyclic) bond motifs is 2. The Balaban J connectivity index is 1.58. The lowest BCUT2D eigenvalue weighted by molar-refractivity contribution is 0.0504. The van der Waals surface area contributed by atoms with E-state index in [1.807, 2.05) is 0 Å². The monoisotopic (exact) mass is 328 g/mol. The Bertz CT molecular complexity index is 712. The first-order valence-corrected chi connectivity index (χ1v) is 9.26. The van der Waals surface area contributed by atoms with E-state index in [0.717, 1.165) is 51.1 Å². The van der Waals surface area contributed by atoms with Crippen LogP contribution >= 0.6 is 0 Å². The summed E-state index contributed by atoms with van der Waals surface area (Å²) < 4.78 is 2.39. The number of aryl methyl sites for hydroxylation is 1. The van der Waals surface area contributed by atoms with E-state index < -0.39 is 0 Å². The van der Waals surface area contributed by atoms with E-state index in [-0.39, 0.29) is 6.10 Å². The maximum Gasteiger partial charge on any atom is 0.124 e. The van der Waals surface area contributed by atoms with Gasteiger partial charge in [0.1, 0.15) is 5.82 Å². The van der Waals surface area contributed by atoms with Crippen LogP contribution in [0.1, 0.15) is 32.5 Å². The third-order valence-electron chi connectivity index (χ3n) is 5.60. The van der Waals surface area contributed by atoms with Gasteiger partial charge in [-0.25, -0.2) is 4.98 Å². The number of benzene rings is 1. The van der Waals surface area contributed by atoms with Crippen molar-refractivity contribution in [1.29, 1.82) is 0 Å². The molecule has 24 heavy (non-hydrogen) atoms. The minimum atomic E-state index is -0.146. The molecule has 2 fully saturated rings. The molecule has 0 radical (unpaired) electrons. The molecule has 5 nitrogen and oxygen atoms in total. The standard InChI is InChI=1S/C19H28N4O/c1-3-8-23-18-7-5-4-6-17(18)20-19(23)13-21-11-15-9-16(24)12-22(15)10-14(21)2/h4-7,14-16,24H,3,8-13H2,1-2H3/t14-,15+,16-/m1/s1. The molecule has 0 saturated carbocycles. The van der Waals surface area contributed by atoms with E-state index in [1.54, 1.807) is 0 Å². The fourth-order valence-corrected chi connectivity index (χ4v) is 4.40. The van der Waals surface area contributed by atoms with E-state index in [2.05, 4.69) is 52.5 Å². The van der Waals surface area contributed by atoms with Crippen LogP contribution in [0.3, 0.4) is 0 Å². The molecule has 0 bridgehead atoms. The topological polar surface area (TPSA) is 44.5 Å². The van der Waals surface area contributed by atoms with Gasteiger partial charge in [0.15, 0.2) is 0 Å². The van der Waals surface area contributed by atoms with Crippen molar-refractivity contribution >= 4 is 11.0 Å². The molecule has 130 valence electrons. The third-order valence-corrected chi connectivity index (χ3v) is 5.60. The summed E-state index contributed by atoms with van der Waals surface area (Å²) in [6, 6.07) is 9.45. The average Bonchev–Trinajstić information content (AvgIpc) is 3.08. The molecular formula is C19H28N4O. The van der Waals surface area contributed by atoms with E-state index in [0.29, 0.717) is 12.1 Å². The van der Waals surface area contributed by atoms with Gasteiger partial charge >= 0.3 is 0 Å². The number of aliphatic hydroxyl groups is 1. The van der Waals surface area contributed by atoms with Crippen LogP contribution in [0.4, 0.5) is 0 Å². The molecule has 1 aromatic heterocycles. The molecule has 2 aliphatic heterocycles. The van der Waals surface area contributed by atoms with Crippen molar-refractivity contribution in [3.05, 3.63) is 30.1 Å². The van der Waals surface area contributed by atoms with E-state index in [9.17, 15) is 5.11 Å². The third kappa shape index (κ3) is 2.85. The lowest BCUT2D eigenvalue weighted by atomic mass is 10.1. The Hall–Kier alpha value is -1.43. The SMILES string of the molecule is CCCn1c(CN2C[C@@H]3C[C@@H](O)CN3C[C@H]2C)nc2ccccc21. The molecule has 0 spiro atoms. The number of aromatic nitrogens is 2. The average molecular weight is 328 g/mol. The first kappa shape index (κ1) is 16.1. The molecule has 2 saturated heterocycles. The molecule has 1 aromatic carbocycles. The van der Waals surface area contributed by atoms with Crippen LogP contribution in [-0.2, 0) is 13.1 Å². The summed E-state index contributed by atoms with van der Waals surface area (Å²) in [5, 5.41) is 9.95. The first-order valence-electron chi connectivity index (χ1n) is 9.26.